The summed E-state index contributed by atoms with van der Waals surface area (Å²) in [5, 5.41) is 12.5. The van der Waals surface area contributed by atoms with Crippen LogP contribution < -0.4 is 10.6 Å². The van der Waals surface area contributed by atoms with Gasteiger partial charge in [0, 0.05) is 24.8 Å². The van der Waals surface area contributed by atoms with Gasteiger partial charge in [0.05, 0.1) is 11.3 Å². The van der Waals surface area contributed by atoms with Crippen molar-refractivity contribution < 1.29 is 14.6 Å². The molecule has 0 bridgehead atoms. The van der Waals surface area contributed by atoms with Gasteiger partial charge in [-0.2, -0.15) is 0 Å². The molecule has 0 spiro atoms. The van der Waals surface area contributed by atoms with Crippen molar-refractivity contribution in [3.8, 4) is 11.3 Å². The largest absolute Gasteiger partial charge is 0.444 e. The zero-order valence-corrected chi connectivity index (χ0v) is 21.5. The molecule has 2 aromatic carbocycles. The van der Waals surface area contributed by atoms with E-state index in [1.165, 1.54) is 10.8 Å². The Balaban J connectivity index is 0.000000371. The highest BCUT2D eigenvalue weighted by Crippen LogP contribution is 2.29. The maximum Gasteiger partial charge on any atom is 0.405 e. The Bertz CT molecular complexity index is 1130. The summed E-state index contributed by atoms with van der Waals surface area (Å²) in [5.74, 6) is 1.38. The molecule has 1 aliphatic rings. The SMILES string of the molecule is CC(C)(C)OC(N)=O.CC(C)(O)CC1CCN(c2nccc(-c3ccc4ccccc4c3)n2)CC1. The Morgan fingerprint density at radius 3 is 2.29 bits per heavy atom. The zero-order valence-electron chi connectivity index (χ0n) is 21.5. The number of anilines is 1. The van der Waals surface area contributed by atoms with Gasteiger partial charge in [0.1, 0.15) is 5.60 Å². The first kappa shape index (κ1) is 26.4. The average molecular weight is 479 g/mol. The summed E-state index contributed by atoms with van der Waals surface area (Å²) < 4.78 is 4.58. The Morgan fingerprint density at radius 1 is 1.06 bits per heavy atom. The number of fused-ring (bicyclic) bond motifs is 1. The lowest BCUT2D eigenvalue weighted by Gasteiger charge is -2.34. The van der Waals surface area contributed by atoms with Crippen molar-refractivity contribution in [1.82, 2.24) is 9.97 Å². The molecule has 7 nitrogen and oxygen atoms in total. The van der Waals surface area contributed by atoms with Crippen molar-refractivity contribution in [1.29, 1.82) is 0 Å². The molecule has 1 saturated heterocycles. The molecule has 0 saturated carbocycles. The third-order valence-corrected chi connectivity index (χ3v) is 5.78. The summed E-state index contributed by atoms with van der Waals surface area (Å²) in [6.45, 7) is 11.0. The van der Waals surface area contributed by atoms with Gasteiger partial charge in [-0.15, -0.1) is 0 Å². The number of ether oxygens (including phenoxy) is 1. The number of nitrogens with two attached hydrogens (primary N) is 1. The minimum absolute atomic E-state index is 0.453. The minimum Gasteiger partial charge on any atom is -0.444 e. The second-order valence-electron chi connectivity index (χ2n) is 10.8. The molecule has 1 aliphatic heterocycles. The summed E-state index contributed by atoms with van der Waals surface area (Å²) in [5.41, 5.74) is 5.76. The topological polar surface area (TPSA) is 102 Å². The highest BCUT2D eigenvalue weighted by molar-refractivity contribution is 5.86. The second-order valence-corrected chi connectivity index (χ2v) is 10.8. The van der Waals surface area contributed by atoms with Crippen molar-refractivity contribution in [2.75, 3.05) is 18.0 Å². The maximum atomic E-state index is 10.1. The number of rotatable bonds is 4. The van der Waals surface area contributed by atoms with Gasteiger partial charge in [0.25, 0.3) is 0 Å². The van der Waals surface area contributed by atoms with Crippen LogP contribution in [0.2, 0.25) is 0 Å². The van der Waals surface area contributed by atoms with Crippen molar-refractivity contribution in [2.45, 2.75) is 65.1 Å². The maximum absolute atomic E-state index is 10.1. The molecular formula is C28H38N4O3. The summed E-state index contributed by atoms with van der Waals surface area (Å²) >= 11 is 0. The van der Waals surface area contributed by atoms with Gasteiger partial charge in [-0.05, 0) is 82.7 Å². The number of carbonyl (C=O) groups excluding carboxylic acids is 1. The lowest BCUT2D eigenvalue weighted by Crippen LogP contribution is -2.37. The van der Waals surface area contributed by atoms with Crippen molar-refractivity contribution >= 4 is 22.8 Å². The van der Waals surface area contributed by atoms with Gasteiger partial charge in [0.15, 0.2) is 0 Å². The first-order valence-electron chi connectivity index (χ1n) is 12.2. The number of carbonyl (C=O) groups is 1. The molecule has 4 rings (SSSR count). The zero-order chi connectivity index (χ0) is 25.6. The van der Waals surface area contributed by atoms with E-state index in [9.17, 15) is 9.90 Å². The van der Waals surface area contributed by atoms with Crippen LogP contribution in [0.3, 0.4) is 0 Å². The van der Waals surface area contributed by atoms with Crippen LogP contribution in [0.4, 0.5) is 10.7 Å². The van der Waals surface area contributed by atoms with Crippen LogP contribution in [-0.2, 0) is 4.74 Å². The Labute approximate surface area is 208 Å². The van der Waals surface area contributed by atoms with Crippen molar-refractivity contribution in [3.63, 3.8) is 0 Å². The van der Waals surface area contributed by atoms with Gasteiger partial charge < -0.3 is 20.5 Å². The Hall–Kier alpha value is -3.19. The predicted molar refractivity (Wildman–Crippen MR) is 141 cm³/mol. The fourth-order valence-electron chi connectivity index (χ4n) is 4.36. The molecule has 0 atom stereocenters. The first-order valence-corrected chi connectivity index (χ1v) is 12.2. The van der Waals surface area contributed by atoms with Crippen molar-refractivity contribution in [3.05, 3.63) is 54.7 Å². The summed E-state index contributed by atoms with van der Waals surface area (Å²) in [6.07, 6.45) is 4.15. The molecule has 188 valence electrons. The number of primary amides is 1. The average Bonchev–Trinajstić information content (AvgIpc) is 2.77. The molecule has 1 fully saturated rings. The summed E-state index contributed by atoms with van der Waals surface area (Å²) in [6, 6.07) is 16.8. The van der Waals surface area contributed by atoms with E-state index in [0.29, 0.717) is 5.92 Å². The van der Waals surface area contributed by atoms with Gasteiger partial charge in [-0.25, -0.2) is 14.8 Å². The molecule has 0 aliphatic carbocycles. The number of amides is 1. The van der Waals surface area contributed by atoms with Crippen LogP contribution >= 0.6 is 0 Å². The van der Waals surface area contributed by atoms with Crippen LogP contribution in [0, 0.1) is 5.92 Å². The fraction of sp³-hybridized carbons (Fsp3) is 0.464. The number of aromatic nitrogens is 2. The molecule has 1 aromatic heterocycles. The lowest BCUT2D eigenvalue weighted by atomic mass is 9.86. The van der Waals surface area contributed by atoms with E-state index in [2.05, 4.69) is 57.1 Å². The van der Waals surface area contributed by atoms with Crippen LogP contribution in [-0.4, -0.2) is 45.5 Å². The van der Waals surface area contributed by atoms with Gasteiger partial charge in [-0.3, -0.25) is 0 Å². The molecular weight excluding hydrogens is 440 g/mol. The molecule has 2 heterocycles. The van der Waals surface area contributed by atoms with Crippen LogP contribution in [0.5, 0.6) is 0 Å². The number of hydrogen-bond donors (Lipinski definition) is 2. The number of nitrogens with zero attached hydrogens (tertiary/aromatic N) is 3. The van der Waals surface area contributed by atoms with E-state index in [0.717, 1.165) is 49.6 Å². The predicted octanol–water partition coefficient (Wildman–Crippen LogP) is 5.55. The van der Waals surface area contributed by atoms with Gasteiger partial charge >= 0.3 is 6.09 Å². The van der Waals surface area contributed by atoms with E-state index >= 15 is 0 Å². The number of aliphatic hydroxyl groups is 1. The molecule has 0 radical (unpaired) electrons. The van der Waals surface area contributed by atoms with E-state index < -0.39 is 17.3 Å². The van der Waals surface area contributed by atoms with Crippen molar-refractivity contribution in [2.24, 2.45) is 11.7 Å². The van der Waals surface area contributed by atoms with E-state index in [1.54, 1.807) is 20.8 Å². The molecule has 3 N–H and O–H groups in total. The number of hydrogen-bond acceptors (Lipinski definition) is 6. The lowest BCUT2D eigenvalue weighted by molar-refractivity contribution is 0.0481. The minimum atomic E-state index is -0.725. The monoisotopic (exact) mass is 478 g/mol. The third-order valence-electron chi connectivity index (χ3n) is 5.78. The third kappa shape index (κ3) is 8.51. The Morgan fingerprint density at radius 2 is 1.71 bits per heavy atom. The standard InChI is InChI=1S/C23H27N3O.C5H11NO2/c1-23(2,27)16-17-10-13-26(14-11-17)22-24-12-9-21(25-22)20-8-7-18-5-3-4-6-19(18)15-20;1-5(2,3)8-4(6)7/h3-9,12,15,17,27H,10-11,13-14,16H2,1-2H3;1-3H3,(H2,6,7). The molecule has 7 heteroatoms. The smallest absolute Gasteiger partial charge is 0.405 e. The van der Waals surface area contributed by atoms with Crippen LogP contribution in [0.25, 0.3) is 22.0 Å². The number of piperidine rings is 1. The van der Waals surface area contributed by atoms with Crippen LogP contribution in [0.1, 0.15) is 53.9 Å². The highest BCUT2D eigenvalue weighted by Gasteiger charge is 2.26. The Kier molecular flexibility index (Phi) is 8.33. The second kappa shape index (κ2) is 11.0. The molecule has 1 amide bonds. The van der Waals surface area contributed by atoms with Crippen LogP contribution in [0.15, 0.2) is 54.7 Å². The van der Waals surface area contributed by atoms with Gasteiger partial charge in [0.2, 0.25) is 5.95 Å². The summed E-state index contributed by atoms with van der Waals surface area (Å²) in [4.78, 5) is 21.6. The quantitative estimate of drug-likeness (QED) is 0.509. The van der Waals surface area contributed by atoms with Gasteiger partial charge in [-0.1, -0.05) is 36.4 Å². The highest BCUT2D eigenvalue weighted by atomic mass is 16.6. The molecule has 35 heavy (non-hydrogen) atoms. The molecule has 3 aromatic rings. The van der Waals surface area contributed by atoms with E-state index in [1.807, 2.05) is 26.1 Å². The van der Waals surface area contributed by atoms with E-state index in [-0.39, 0.29) is 0 Å². The molecule has 0 unspecified atom stereocenters. The van der Waals surface area contributed by atoms with E-state index in [4.69, 9.17) is 10.7 Å². The first-order chi connectivity index (χ1) is 16.4. The normalized spacial score (nSPS) is 14.9. The number of benzene rings is 2. The summed E-state index contributed by atoms with van der Waals surface area (Å²) in [7, 11) is 0. The fourth-order valence-corrected chi connectivity index (χ4v) is 4.36.